The molecule has 0 aliphatic rings. The van der Waals surface area contributed by atoms with Crippen LogP contribution in [0.3, 0.4) is 0 Å². The fraction of sp³-hybridized carbons (Fsp3) is 0.769. The van der Waals surface area contributed by atoms with Gasteiger partial charge in [0.25, 0.3) is 6.08 Å². The van der Waals surface area contributed by atoms with Gasteiger partial charge in [-0.25, -0.2) is 4.79 Å². The molecule has 0 aromatic carbocycles. The van der Waals surface area contributed by atoms with Crippen LogP contribution in [0, 0.1) is 0 Å². The van der Waals surface area contributed by atoms with Gasteiger partial charge in [0, 0.05) is 33.5 Å². The first kappa shape index (κ1) is 22.3. The Morgan fingerprint density at radius 2 is 1.64 bits per heavy atom. The lowest BCUT2D eigenvalue weighted by Gasteiger charge is -2.17. The standard InChI is InChI=1S/C13H23F2NO2S4/c1-4-19-21-16(22-20-5-2)13(17)18-10-8-6-7-9-11(3)12(14)15/h4-10H2,1-3H3. The number of amides is 1. The van der Waals surface area contributed by atoms with E-state index in [9.17, 15) is 13.6 Å². The summed E-state index contributed by atoms with van der Waals surface area (Å²) in [5.41, 5.74) is 0.143. The Kier molecular flexibility index (Phi) is 15.0. The van der Waals surface area contributed by atoms with Crippen LogP contribution in [0.1, 0.15) is 46.5 Å². The van der Waals surface area contributed by atoms with Crippen LogP contribution in [0.25, 0.3) is 0 Å². The molecule has 0 fully saturated rings. The van der Waals surface area contributed by atoms with E-state index >= 15 is 0 Å². The van der Waals surface area contributed by atoms with Gasteiger partial charge < -0.3 is 4.74 Å². The van der Waals surface area contributed by atoms with Crippen molar-refractivity contribution in [2.45, 2.75) is 46.5 Å². The monoisotopic (exact) mass is 391 g/mol. The molecule has 0 saturated heterocycles. The van der Waals surface area contributed by atoms with Crippen molar-refractivity contribution in [2.24, 2.45) is 0 Å². The Hall–Kier alpha value is 0.270. The zero-order valence-electron chi connectivity index (χ0n) is 13.1. The van der Waals surface area contributed by atoms with E-state index in [0.717, 1.165) is 17.9 Å². The van der Waals surface area contributed by atoms with Gasteiger partial charge >= 0.3 is 6.09 Å². The number of carbonyl (C=O) groups is 1. The highest BCUT2D eigenvalue weighted by Gasteiger charge is 2.17. The van der Waals surface area contributed by atoms with Crippen LogP contribution in [-0.2, 0) is 4.74 Å². The van der Waals surface area contributed by atoms with Crippen molar-refractivity contribution in [1.29, 1.82) is 0 Å². The molecule has 0 heterocycles. The zero-order valence-corrected chi connectivity index (χ0v) is 16.4. The summed E-state index contributed by atoms with van der Waals surface area (Å²) in [4.78, 5) is 11.9. The van der Waals surface area contributed by atoms with Crippen LogP contribution in [0.4, 0.5) is 13.6 Å². The maximum absolute atomic E-state index is 12.2. The van der Waals surface area contributed by atoms with Crippen LogP contribution in [0.15, 0.2) is 11.7 Å². The third-order valence-corrected chi connectivity index (χ3v) is 7.58. The third kappa shape index (κ3) is 11.8. The summed E-state index contributed by atoms with van der Waals surface area (Å²) >= 11 is 0. The highest BCUT2D eigenvalue weighted by molar-refractivity contribution is 8.83. The quantitative estimate of drug-likeness (QED) is 0.207. The maximum Gasteiger partial charge on any atom is 0.431 e. The fourth-order valence-electron chi connectivity index (χ4n) is 1.25. The first-order chi connectivity index (χ1) is 10.5. The summed E-state index contributed by atoms with van der Waals surface area (Å²) in [6.07, 6.45) is 0.601. The molecule has 0 aromatic rings. The first-order valence-corrected chi connectivity index (χ1v) is 11.6. The fourth-order valence-corrected chi connectivity index (χ4v) is 5.22. The molecule has 22 heavy (non-hydrogen) atoms. The Labute approximate surface area is 147 Å². The molecule has 1 amide bonds. The highest BCUT2D eigenvalue weighted by Crippen LogP contribution is 2.38. The largest absolute Gasteiger partial charge is 0.448 e. The summed E-state index contributed by atoms with van der Waals surface area (Å²) in [6, 6.07) is 0. The molecule has 130 valence electrons. The third-order valence-electron chi connectivity index (χ3n) is 2.37. The minimum Gasteiger partial charge on any atom is -0.448 e. The van der Waals surface area contributed by atoms with Crippen LogP contribution < -0.4 is 0 Å². The highest BCUT2D eigenvalue weighted by atomic mass is 33.1. The number of rotatable bonds is 12. The van der Waals surface area contributed by atoms with Gasteiger partial charge in [0.05, 0.1) is 6.61 Å². The Balaban J connectivity index is 3.85. The van der Waals surface area contributed by atoms with Crippen molar-refractivity contribution in [3.05, 3.63) is 11.7 Å². The number of hydrogen-bond acceptors (Lipinski definition) is 6. The van der Waals surface area contributed by atoms with Crippen LogP contribution in [-0.4, -0.2) is 27.9 Å². The Morgan fingerprint density at radius 1 is 1.05 bits per heavy atom. The minimum absolute atomic E-state index is 0.143. The van der Waals surface area contributed by atoms with Gasteiger partial charge in [0.2, 0.25) is 0 Å². The molecule has 0 unspecified atom stereocenters. The average molecular weight is 392 g/mol. The summed E-state index contributed by atoms with van der Waals surface area (Å²) in [5, 5.41) is 0. The van der Waals surface area contributed by atoms with Crippen molar-refractivity contribution in [3.63, 3.8) is 0 Å². The number of nitrogens with zero attached hydrogens (tertiary/aromatic N) is 1. The van der Waals surface area contributed by atoms with E-state index in [1.807, 2.05) is 13.8 Å². The molecule has 0 atom stereocenters. The van der Waals surface area contributed by atoms with E-state index in [-0.39, 0.29) is 11.7 Å². The molecule has 3 nitrogen and oxygen atoms in total. The second-order valence-corrected chi connectivity index (χ2v) is 9.38. The summed E-state index contributed by atoms with van der Waals surface area (Å²) in [6.45, 7) is 5.81. The van der Waals surface area contributed by atoms with Crippen molar-refractivity contribution in [2.75, 3.05) is 18.1 Å². The number of carbonyl (C=O) groups excluding carboxylic acids is 1. The normalized spacial score (nSPS) is 10.4. The van der Waals surface area contributed by atoms with Gasteiger partial charge in [0.15, 0.2) is 0 Å². The van der Waals surface area contributed by atoms with Gasteiger partial charge in [0.1, 0.15) is 0 Å². The molecule has 0 aliphatic heterocycles. The predicted molar refractivity (Wildman–Crippen MR) is 98.0 cm³/mol. The molecule has 0 radical (unpaired) electrons. The van der Waals surface area contributed by atoms with Crippen molar-refractivity contribution in [3.8, 4) is 0 Å². The molecule has 0 saturated carbocycles. The summed E-state index contributed by atoms with van der Waals surface area (Å²) in [5.74, 6) is 1.81. The lowest BCUT2D eigenvalue weighted by Crippen LogP contribution is -2.17. The van der Waals surface area contributed by atoms with Crippen molar-refractivity contribution in [1.82, 2.24) is 3.71 Å². The van der Waals surface area contributed by atoms with Gasteiger partial charge in [-0.2, -0.15) is 12.5 Å². The van der Waals surface area contributed by atoms with E-state index in [2.05, 4.69) is 0 Å². The van der Waals surface area contributed by atoms with Gasteiger partial charge in [-0.15, -0.1) is 0 Å². The predicted octanol–water partition coefficient (Wildman–Crippen LogP) is 6.79. The van der Waals surface area contributed by atoms with Gasteiger partial charge in [-0.05, 0) is 38.2 Å². The van der Waals surface area contributed by atoms with E-state index < -0.39 is 6.08 Å². The van der Waals surface area contributed by atoms with Crippen LogP contribution >= 0.6 is 43.5 Å². The molecule has 0 bridgehead atoms. The molecule has 9 heteroatoms. The Bertz CT molecular complexity index is 334. The number of halogens is 2. The Morgan fingerprint density at radius 3 is 2.14 bits per heavy atom. The number of allylic oxidation sites excluding steroid dienone is 1. The van der Waals surface area contributed by atoms with E-state index in [0.29, 0.717) is 25.9 Å². The molecule has 0 aliphatic carbocycles. The lowest BCUT2D eigenvalue weighted by atomic mass is 10.1. The minimum atomic E-state index is -1.59. The molecular formula is C13H23F2NO2S4. The molecule has 0 N–H and O–H groups in total. The maximum atomic E-state index is 12.2. The number of ether oxygens (including phenoxy) is 1. The van der Waals surface area contributed by atoms with Crippen LogP contribution in [0.5, 0.6) is 0 Å². The van der Waals surface area contributed by atoms with Gasteiger partial charge in [-0.3, -0.25) is 0 Å². The average Bonchev–Trinajstić information content (AvgIpc) is 2.50. The molecular weight excluding hydrogens is 368 g/mol. The van der Waals surface area contributed by atoms with E-state index in [1.54, 1.807) is 21.6 Å². The first-order valence-electron chi connectivity index (χ1n) is 7.09. The van der Waals surface area contributed by atoms with Gasteiger partial charge in [-0.1, -0.05) is 35.4 Å². The smallest absolute Gasteiger partial charge is 0.431 e. The van der Waals surface area contributed by atoms with Crippen molar-refractivity contribution >= 4 is 49.6 Å². The second kappa shape index (κ2) is 14.8. The topological polar surface area (TPSA) is 29.5 Å². The number of hydrogen-bond donors (Lipinski definition) is 0. The van der Waals surface area contributed by atoms with E-state index in [1.165, 1.54) is 32.6 Å². The van der Waals surface area contributed by atoms with E-state index in [4.69, 9.17) is 4.74 Å². The van der Waals surface area contributed by atoms with Crippen molar-refractivity contribution < 1.29 is 18.3 Å². The number of unbranched alkanes of at least 4 members (excludes halogenated alkanes) is 2. The molecule has 0 spiro atoms. The SMILES string of the molecule is CCSSN(SSCC)C(=O)OCCCCCC(C)=C(F)F. The zero-order chi connectivity index (χ0) is 16.8. The van der Waals surface area contributed by atoms with Crippen LogP contribution in [0.2, 0.25) is 0 Å². The molecule has 0 aromatic heterocycles. The molecule has 0 rings (SSSR count). The lowest BCUT2D eigenvalue weighted by molar-refractivity contribution is 0.140. The summed E-state index contributed by atoms with van der Waals surface area (Å²) in [7, 11) is 5.91. The summed E-state index contributed by atoms with van der Waals surface area (Å²) < 4.78 is 31.1. The second-order valence-electron chi connectivity index (χ2n) is 4.19.